The molecule has 2 aromatic rings. The summed E-state index contributed by atoms with van der Waals surface area (Å²) in [5.74, 6) is 0. The van der Waals surface area contributed by atoms with Gasteiger partial charge in [-0.05, 0) is 57.1 Å². The van der Waals surface area contributed by atoms with Gasteiger partial charge in [-0.25, -0.2) is 0 Å². The molecule has 0 saturated carbocycles. The van der Waals surface area contributed by atoms with Gasteiger partial charge in [-0.3, -0.25) is 14.1 Å². The molecule has 1 atom stereocenters. The van der Waals surface area contributed by atoms with Crippen LogP contribution in [0.4, 0.5) is 5.69 Å². The predicted octanol–water partition coefficient (Wildman–Crippen LogP) is 3.43. The third kappa shape index (κ3) is 9.57. The summed E-state index contributed by atoms with van der Waals surface area (Å²) in [7, 11) is -4.67. The number of anilines is 1. The molecule has 0 aliphatic rings. The van der Waals surface area contributed by atoms with Gasteiger partial charge in [0.2, 0.25) is 0 Å². The van der Waals surface area contributed by atoms with Gasteiger partial charge in [0.1, 0.15) is 0 Å². The van der Waals surface area contributed by atoms with E-state index >= 15 is 0 Å². The first-order chi connectivity index (χ1) is 11.7. The number of aromatic nitrogens is 1. The third-order valence-corrected chi connectivity index (χ3v) is 3.58. The molecular formula is C16H24ClN3O4S. The minimum absolute atomic E-state index is 0.440. The molecule has 0 spiro atoms. The number of fused-ring (bicyclic) bond motifs is 1. The molecule has 7 nitrogen and oxygen atoms in total. The van der Waals surface area contributed by atoms with Crippen LogP contribution in [0, 0.1) is 0 Å². The minimum atomic E-state index is -4.67. The van der Waals surface area contributed by atoms with Crippen molar-refractivity contribution in [2.24, 2.45) is 0 Å². The van der Waals surface area contributed by atoms with Crippen LogP contribution < -0.4 is 10.6 Å². The molecule has 0 saturated heterocycles. The Balaban J connectivity index is 0.000000550. The maximum Gasteiger partial charge on any atom is 0.394 e. The molecule has 1 heterocycles. The molecule has 1 aromatic carbocycles. The number of hydrogen-bond donors (Lipinski definition) is 4. The van der Waals surface area contributed by atoms with Crippen molar-refractivity contribution in [1.29, 1.82) is 0 Å². The Kier molecular flexibility index (Phi) is 9.09. The van der Waals surface area contributed by atoms with Crippen LogP contribution in [0.5, 0.6) is 0 Å². The number of nitrogens with zero attached hydrogens (tertiary/aromatic N) is 1. The number of halogens is 1. The second-order valence-electron chi connectivity index (χ2n) is 5.51. The van der Waals surface area contributed by atoms with Gasteiger partial charge in [0.05, 0.1) is 5.52 Å². The lowest BCUT2D eigenvalue weighted by molar-refractivity contribution is 0.381. The summed E-state index contributed by atoms with van der Waals surface area (Å²) >= 11 is 6.01. The standard InChI is InChI=1S/C16H22ClN3.H2O4S/c1-3-18-9-4-5-12(2)20-15-8-10-19-16-11-13(17)6-7-14(15)16;1-5(2,3)4/h6-8,10-12,18H,3-5,9H2,1-2H3,(H,19,20);(H2,1,2,3,4). The van der Waals surface area contributed by atoms with Crippen molar-refractivity contribution >= 4 is 38.6 Å². The van der Waals surface area contributed by atoms with Crippen molar-refractivity contribution in [3.63, 3.8) is 0 Å². The molecule has 2 rings (SSSR count). The van der Waals surface area contributed by atoms with E-state index in [1.807, 2.05) is 30.5 Å². The van der Waals surface area contributed by atoms with Crippen LogP contribution in [-0.4, -0.2) is 41.6 Å². The van der Waals surface area contributed by atoms with Crippen molar-refractivity contribution in [3.05, 3.63) is 35.5 Å². The zero-order valence-corrected chi connectivity index (χ0v) is 15.8. The van der Waals surface area contributed by atoms with Crippen LogP contribution in [0.25, 0.3) is 10.9 Å². The summed E-state index contributed by atoms with van der Waals surface area (Å²) in [6.07, 6.45) is 4.15. The van der Waals surface area contributed by atoms with E-state index in [0.29, 0.717) is 6.04 Å². The Morgan fingerprint density at radius 2 is 1.96 bits per heavy atom. The molecule has 4 N–H and O–H groups in total. The Hall–Kier alpha value is -1.45. The van der Waals surface area contributed by atoms with Gasteiger partial charge in [0.25, 0.3) is 0 Å². The van der Waals surface area contributed by atoms with E-state index < -0.39 is 10.4 Å². The highest BCUT2D eigenvalue weighted by molar-refractivity contribution is 7.79. The van der Waals surface area contributed by atoms with Crippen LogP contribution >= 0.6 is 11.6 Å². The zero-order chi connectivity index (χ0) is 18.9. The lowest BCUT2D eigenvalue weighted by atomic mass is 10.1. The first-order valence-corrected chi connectivity index (χ1v) is 9.69. The highest BCUT2D eigenvalue weighted by atomic mass is 35.5. The smallest absolute Gasteiger partial charge is 0.382 e. The monoisotopic (exact) mass is 389 g/mol. The second-order valence-corrected chi connectivity index (χ2v) is 6.84. The SMILES string of the molecule is CCNCCCC(C)Nc1ccnc2cc(Cl)ccc12.O=S(=O)(O)O. The molecule has 1 unspecified atom stereocenters. The molecule has 0 bridgehead atoms. The first-order valence-electron chi connectivity index (χ1n) is 7.92. The van der Waals surface area contributed by atoms with Crippen molar-refractivity contribution in [2.45, 2.75) is 32.7 Å². The van der Waals surface area contributed by atoms with E-state index in [9.17, 15) is 0 Å². The number of rotatable bonds is 7. The fourth-order valence-corrected chi connectivity index (χ4v) is 2.46. The van der Waals surface area contributed by atoms with Gasteiger partial charge in [0, 0.05) is 28.3 Å². The summed E-state index contributed by atoms with van der Waals surface area (Å²) < 4.78 is 31.6. The Bertz CT molecular complexity index is 763. The molecule has 0 aliphatic heterocycles. The van der Waals surface area contributed by atoms with Crippen molar-refractivity contribution in [2.75, 3.05) is 18.4 Å². The summed E-state index contributed by atoms with van der Waals surface area (Å²) in [5.41, 5.74) is 2.06. The van der Waals surface area contributed by atoms with Gasteiger partial charge in [-0.15, -0.1) is 0 Å². The fourth-order valence-electron chi connectivity index (χ4n) is 2.29. The van der Waals surface area contributed by atoms with E-state index in [-0.39, 0.29) is 0 Å². The Morgan fingerprint density at radius 3 is 2.60 bits per heavy atom. The van der Waals surface area contributed by atoms with Crippen molar-refractivity contribution in [3.8, 4) is 0 Å². The highest BCUT2D eigenvalue weighted by Crippen LogP contribution is 2.25. The van der Waals surface area contributed by atoms with Crippen LogP contribution in [0.15, 0.2) is 30.5 Å². The van der Waals surface area contributed by atoms with E-state index in [0.717, 1.165) is 41.1 Å². The molecule has 0 radical (unpaired) electrons. The molecule has 25 heavy (non-hydrogen) atoms. The van der Waals surface area contributed by atoms with Crippen molar-refractivity contribution in [1.82, 2.24) is 10.3 Å². The van der Waals surface area contributed by atoms with Gasteiger partial charge in [-0.1, -0.05) is 18.5 Å². The van der Waals surface area contributed by atoms with E-state index in [2.05, 4.69) is 29.5 Å². The summed E-state index contributed by atoms with van der Waals surface area (Å²) in [5, 5.41) is 8.77. The summed E-state index contributed by atoms with van der Waals surface area (Å²) in [6, 6.07) is 8.30. The highest BCUT2D eigenvalue weighted by Gasteiger charge is 2.06. The number of pyridine rings is 1. The molecule has 9 heteroatoms. The van der Waals surface area contributed by atoms with Crippen LogP contribution in [-0.2, 0) is 10.4 Å². The largest absolute Gasteiger partial charge is 0.394 e. The van der Waals surface area contributed by atoms with Crippen LogP contribution in [0.2, 0.25) is 5.02 Å². The molecule has 1 aromatic heterocycles. The fraction of sp³-hybridized carbons (Fsp3) is 0.438. The summed E-state index contributed by atoms with van der Waals surface area (Å²) in [6.45, 7) is 6.47. The molecular weight excluding hydrogens is 366 g/mol. The predicted molar refractivity (Wildman–Crippen MR) is 102 cm³/mol. The molecule has 140 valence electrons. The maximum atomic E-state index is 8.74. The molecule has 0 amide bonds. The normalized spacial score (nSPS) is 12.4. The third-order valence-electron chi connectivity index (χ3n) is 3.35. The van der Waals surface area contributed by atoms with E-state index in [1.165, 1.54) is 6.42 Å². The zero-order valence-electron chi connectivity index (χ0n) is 14.2. The van der Waals surface area contributed by atoms with Gasteiger partial charge >= 0.3 is 10.4 Å². The van der Waals surface area contributed by atoms with Gasteiger partial charge in [0.15, 0.2) is 0 Å². The topological polar surface area (TPSA) is 112 Å². The lowest BCUT2D eigenvalue weighted by Crippen LogP contribution is -2.19. The molecule has 0 aliphatic carbocycles. The van der Waals surface area contributed by atoms with E-state index in [4.69, 9.17) is 29.1 Å². The Morgan fingerprint density at radius 1 is 1.28 bits per heavy atom. The average molecular weight is 390 g/mol. The average Bonchev–Trinajstić information content (AvgIpc) is 2.50. The maximum absolute atomic E-state index is 8.74. The lowest BCUT2D eigenvalue weighted by Gasteiger charge is -2.16. The Labute approximate surface area is 153 Å². The van der Waals surface area contributed by atoms with Crippen molar-refractivity contribution < 1.29 is 17.5 Å². The second kappa shape index (κ2) is 10.5. The number of nitrogens with one attached hydrogen (secondary N) is 2. The van der Waals surface area contributed by atoms with Gasteiger partial charge < -0.3 is 10.6 Å². The van der Waals surface area contributed by atoms with Crippen LogP contribution in [0.3, 0.4) is 0 Å². The van der Waals surface area contributed by atoms with Crippen LogP contribution in [0.1, 0.15) is 26.7 Å². The first kappa shape index (κ1) is 21.6. The molecule has 0 fully saturated rings. The summed E-state index contributed by atoms with van der Waals surface area (Å²) in [4.78, 5) is 4.36. The van der Waals surface area contributed by atoms with Gasteiger partial charge in [-0.2, -0.15) is 8.42 Å². The van der Waals surface area contributed by atoms with E-state index in [1.54, 1.807) is 0 Å². The quantitative estimate of drug-likeness (QED) is 0.424. The minimum Gasteiger partial charge on any atom is -0.382 e. The number of benzene rings is 1. The number of hydrogen-bond acceptors (Lipinski definition) is 5.